The van der Waals surface area contributed by atoms with Crippen LogP contribution in [0.3, 0.4) is 0 Å². The van der Waals surface area contributed by atoms with E-state index in [0.29, 0.717) is 11.6 Å². The molecule has 5 nitrogen and oxygen atoms in total. The summed E-state index contributed by atoms with van der Waals surface area (Å²) in [5.74, 6) is 1.09. The van der Waals surface area contributed by atoms with Crippen molar-refractivity contribution in [1.29, 1.82) is 0 Å². The number of hydrogen-bond acceptors (Lipinski definition) is 3. The molecule has 1 unspecified atom stereocenters. The molecule has 0 spiro atoms. The van der Waals surface area contributed by atoms with Crippen LogP contribution in [0.25, 0.3) is 0 Å². The molecule has 2 N–H and O–H groups in total. The van der Waals surface area contributed by atoms with Crippen molar-refractivity contribution in [3.8, 4) is 0 Å². The summed E-state index contributed by atoms with van der Waals surface area (Å²) >= 11 is 0. The Balaban J connectivity index is 1.73. The van der Waals surface area contributed by atoms with Crippen LogP contribution >= 0.6 is 0 Å². The number of nitrogens with zero attached hydrogens (tertiary/aromatic N) is 1. The zero-order valence-corrected chi connectivity index (χ0v) is 11.7. The van der Waals surface area contributed by atoms with Gasteiger partial charge in [0.15, 0.2) is 5.82 Å². The van der Waals surface area contributed by atoms with Crippen molar-refractivity contribution in [3.05, 3.63) is 47.7 Å². The fourth-order valence-corrected chi connectivity index (χ4v) is 1.90. The third-order valence-corrected chi connectivity index (χ3v) is 2.96. The van der Waals surface area contributed by atoms with Crippen LogP contribution in [0.15, 0.2) is 40.9 Å². The van der Waals surface area contributed by atoms with E-state index in [4.69, 9.17) is 4.52 Å². The van der Waals surface area contributed by atoms with Crippen LogP contribution in [0.1, 0.15) is 24.7 Å². The molecule has 0 radical (unpaired) electrons. The molecule has 1 aromatic carbocycles. The maximum atomic E-state index is 11.7. The van der Waals surface area contributed by atoms with Gasteiger partial charge in [0.2, 0.25) is 0 Å². The van der Waals surface area contributed by atoms with Gasteiger partial charge in [-0.15, -0.1) is 0 Å². The minimum atomic E-state index is -0.265. The Labute approximate surface area is 118 Å². The lowest BCUT2D eigenvalue weighted by Crippen LogP contribution is -2.36. The molecule has 5 heteroatoms. The van der Waals surface area contributed by atoms with Crippen molar-refractivity contribution >= 4 is 11.8 Å². The number of anilines is 1. The first-order chi connectivity index (χ1) is 9.63. The summed E-state index contributed by atoms with van der Waals surface area (Å²) in [6.07, 6.45) is 1.82. The molecule has 0 saturated heterocycles. The molecule has 0 aliphatic carbocycles. The molecule has 0 fully saturated rings. The van der Waals surface area contributed by atoms with Gasteiger partial charge in [-0.1, -0.05) is 35.5 Å². The lowest BCUT2D eigenvalue weighted by atomic mass is 10.1. The second-order valence-electron chi connectivity index (χ2n) is 4.85. The third kappa shape index (κ3) is 4.42. The van der Waals surface area contributed by atoms with Gasteiger partial charge < -0.3 is 9.84 Å². The van der Waals surface area contributed by atoms with E-state index in [1.54, 1.807) is 13.0 Å². The number of rotatable bonds is 5. The highest BCUT2D eigenvalue weighted by molar-refractivity contribution is 5.88. The Morgan fingerprint density at radius 1 is 1.35 bits per heavy atom. The fourth-order valence-electron chi connectivity index (χ4n) is 1.90. The lowest BCUT2D eigenvalue weighted by Gasteiger charge is -2.13. The van der Waals surface area contributed by atoms with E-state index >= 15 is 0 Å². The second kappa shape index (κ2) is 6.75. The van der Waals surface area contributed by atoms with Gasteiger partial charge in [0.05, 0.1) is 0 Å². The Kier molecular flexibility index (Phi) is 4.76. The molecule has 106 valence electrons. The van der Waals surface area contributed by atoms with Crippen LogP contribution in [0, 0.1) is 6.92 Å². The molecular formula is C15H19N3O2. The van der Waals surface area contributed by atoms with Gasteiger partial charge in [-0.2, -0.15) is 0 Å². The maximum Gasteiger partial charge on any atom is 0.320 e. The van der Waals surface area contributed by atoms with E-state index in [-0.39, 0.29) is 12.1 Å². The van der Waals surface area contributed by atoms with Crippen LogP contribution in [-0.4, -0.2) is 17.2 Å². The van der Waals surface area contributed by atoms with E-state index in [9.17, 15) is 4.79 Å². The summed E-state index contributed by atoms with van der Waals surface area (Å²) in [6, 6.07) is 11.7. The minimum Gasteiger partial charge on any atom is -0.360 e. The Bertz CT molecular complexity index is 551. The quantitative estimate of drug-likeness (QED) is 0.879. The number of aryl methyl sites for hydroxylation is 2. The Morgan fingerprint density at radius 2 is 2.10 bits per heavy atom. The van der Waals surface area contributed by atoms with Gasteiger partial charge in [-0.3, -0.25) is 5.32 Å². The van der Waals surface area contributed by atoms with Crippen molar-refractivity contribution in [2.75, 3.05) is 5.32 Å². The zero-order valence-electron chi connectivity index (χ0n) is 11.7. The van der Waals surface area contributed by atoms with Crippen LogP contribution < -0.4 is 10.6 Å². The van der Waals surface area contributed by atoms with Crippen LogP contribution in [0.4, 0.5) is 10.6 Å². The van der Waals surface area contributed by atoms with E-state index in [1.807, 2.05) is 25.1 Å². The zero-order chi connectivity index (χ0) is 14.4. The standard InChI is InChI=1S/C15H19N3O2/c1-11(8-9-13-6-4-3-5-7-13)16-15(19)17-14-10-12(2)20-18-14/h3-7,10-11H,8-9H2,1-2H3,(H2,16,17,18,19). The monoisotopic (exact) mass is 273 g/mol. The smallest absolute Gasteiger partial charge is 0.320 e. The summed E-state index contributed by atoms with van der Waals surface area (Å²) in [5, 5.41) is 9.22. The van der Waals surface area contributed by atoms with Gasteiger partial charge in [-0.25, -0.2) is 4.79 Å². The van der Waals surface area contributed by atoms with Gasteiger partial charge >= 0.3 is 6.03 Å². The van der Waals surface area contributed by atoms with E-state index < -0.39 is 0 Å². The first kappa shape index (κ1) is 14.1. The molecule has 1 aromatic heterocycles. The topological polar surface area (TPSA) is 67.2 Å². The summed E-state index contributed by atoms with van der Waals surface area (Å²) < 4.78 is 4.88. The average Bonchev–Trinajstić information content (AvgIpc) is 2.83. The number of nitrogens with one attached hydrogen (secondary N) is 2. The van der Waals surface area contributed by atoms with Gasteiger partial charge in [0.1, 0.15) is 5.76 Å². The highest BCUT2D eigenvalue weighted by Gasteiger charge is 2.09. The third-order valence-electron chi connectivity index (χ3n) is 2.96. The Morgan fingerprint density at radius 3 is 2.75 bits per heavy atom. The number of urea groups is 1. The van der Waals surface area contributed by atoms with E-state index in [0.717, 1.165) is 12.8 Å². The summed E-state index contributed by atoms with van der Waals surface area (Å²) in [5.41, 5.74) is 1.27. The molecule has 1 atom stereocenters. The number of hydrogen-bond donors (Lipinski definition) is 2. The number of aromatic nitrogens is 1. The number of amides is 2. The number of carbonyl (C=O) groups is 1. The normalized spacial score (nSPS) is 11.9. The molecule has 2 aromatic rings. The average molecular weight is 273 g/mol. The lowest BCUT2D eigenvalue weighted by molar-refractivity contribution is 0.248. The van der Waals surface area contributed by atoms with E-state index in [2.05, 4.69) is 27.9 Å². The van der Waals surface area contributed by atoms with Gasteiger partial charge in [0, 0.05) is 12.1 Å². The molecule has 0 saturated carbocycles. The summed E-state index contributed by atoms with van der Waals surface area (Å²) in [4.78, 5) is 11.7. The van der Waals surface area contributed by atoms with Crippen LogP contribution in [-0.2, 0) is 6.42 Å². The van der Waals surface area contributed by atoms with Crippen LogP contribution in [0.5, 0.6) is 0 Å². The van der Waals surface area contributed by atoms with Crippen molar-refractivity contribution in [3.63, 3.8) is 0 Å². The molecule has 1 heterocycles. The summed E-state index contributed by atoms with van der Waals surface area (Å²) in [7, 11) is 0. The molecule has 2 rings (SSSR count). The molecule has 0 bridgehead atoms. The molecule has 0 aliphatic rings. The summed E-state index contributed by atoms with van der Waals surface area (Å²) in [6.45, 7) is 3.76. The largest absolute Gasteiger partial charge is 0.360 e. The highest BCUT2D eigenvalue weighted by Crippen LogP contribution is 2.07. The van der Waals surface area contributed by atoms with Crippen molar-refractivity contribution < 1.29 is 9.32 Å². The van der Waals surface area contributed by atoms with Crippen molar-refractivity contribution in [1.82, 2.24) is 10.5 Å². The van der Waals surface area contributed by atoms with Gasteiger partial charge in [-0.05, 0) is 32.3 Å². The molecule has 0 aliphatic heterocycles. The molecule has 20 heavy (non-hydrogen) atoms. The Hall–Kier alpha value is -2.30. The number of carbonyl (C=O) groups excluding carboxylic acids is 1. The van der Waals surface area contributed by atoms with Gasteiger partial charge in [0.25, 0.3) is 0 Å². The SMILES string of the molecule is Cc1cc(NC(=O)NC(C)CCc2ccccc2)no1. The van der Waals surface area contributed by atoms with Crippen LogP contribution in [0.2, 0.25) is 0 Å². The first-order valence-corrected chi connectivity index (χ1v) is 6.68. The highest BCUT2D eigenvalue weighted by atomic mass is 16.5. The predicted octanol–water partition coefficient (Wildman–Crippen LogP) is 3.13. The maximum absolute atomic E-state index is 11.7. The molecular weight excluding hydrogens is 254 g/mol. The van der Waals surface area contributed by atoms with Crippen molar-refractivity contribution in [2.24, 2.45) is 0 Å². The first-order valence-electron chi connectivity index (χ1n) is 6.68. The second-order valence-corrected chi connectivity index (χ2v) is 4.85. The number of benzene rings is 1. The van der Waals surface area contributed by atoms with Crippen molar-refractivity contribution in [2.45, 2.75) is 32.7 Å². The minimum absolute atomic E-state index is 0.0863. The fraction of sp³-hybridized carbons (Fsp3) is 0.333. The predicted molar refractivity (Wildman–Crippen MR) is 77.6 cm³/mol. The van der Waals surface area contributed by atoms with E-state index in [1.165, 1.54) is 5.56 Å². The molecule has 2 amide bonds.